The molecule has 2 heterocycles. The average Bonchev–Trinajstić information content (AvgIpc) is 3.49. The molecule has 0 aliphatic carbocycles. The molecule has 3 aromatic rings. The van der Waals surface area contributed by atoms with Crippen LogP contribution in [0, 0.1) is 5.41 Å². The molecule has 1 aromatic carbocycles. The van der Waals surface area contributed by atoms with Crippen molar-refractivity contribution in [1.29, 1.82) is 5.41 Å². The lowest BCUT2D eigenvalue weighted by atomic mass is 10.2. The van der Waals surface area contributed by atoms with Gasteiger partial charge in [-0.2, -0.15) is 0 Å². The smallest absolute Gasteiger partial charge is 0.291 e. The predicted molar refractivity (Wildman–Crippen MR) is 122 cm³/mol. The lowest BCUT2D eigenvalue weighted by Crippen LogP contribution is -2.29. The molecular weight excluding hydrogens is 412 g/mol. The van der Waals surface area contributed by atoms with Crippen molar-refractivity contribution in [3.63, 3.8) is 0 Å². The van der Waals surface area contributed by atoms with Crippen LogP contribution in [0.1, 0.15) is 35.0 Å². The molecule has 32 heavy (non-hydrogen) atoms. The second kappa shape index (κ2) is 10.0. The predicted octanol–water partition coefficient (Wildman–Crippen LogP) is 3.78. The van der Waals surface area contributed by atoms with Gasteiger partial charge >= 0.3 is 0 Å². The molecule has 0 aliphatic rings. The van der Waals surface area contributed by atoms with E-state index in [0.717, 1.165) is 5.70 Å². The van der Waals surface area contributed by atoms with Crippen molar-refractivity contribution in [3.05, 3.63) is 77.9 Å². The minimum absolute atomic E-state index is 0.135. The molecule has 2 amide bonds. The molecule has 3 rings (SSSR count). The fourth-order valence-electron chi connectivity index (χ4n) is 2.75. The van der Waals surface area contributed by atoms with Crippen molar-refractivity contribution in [2.45, 2.75) is 13.8 Å². The van der Waals surface area contributed by atoms with Crippen molar-refractivity contribution in [2.24, 2.45) is 0 Å². The second-order valence-electron chi connectivity index (χ2n) is 6.75. The van der Waals surface area contributed by atoms with Crippen molar-refractivity contribution >= 4 is 34.6 Å². The Kier molecular flexibility index (Phi) is 6.96. The number of amides is 2. The van der Waals surface area contributed by atoms with Gasteiger partial charge in [-0.1, -0.05) is 0 Å². The van der Waals surface area contributed by atoms with Crippen LogP contribution in [-0.4, -0.2) is 24.6 Å². The van der Waals surface area contributed by atoms with Gasteiger partial charge in [0.2, 0.25) is 0 Å². The molecule has 166 valence electrons. The Morgan fingerprint density at radius 1 is 0.875 bits per heavy atom. The summed E-state index contributed by atoms with van der Waals surface area (Å²) < 4.78 is 10.3. The van der Waals surface area contributed by atoms with Crippen LogP contribution in [0.25, 0.3) is 0 Å². The number of nitrogens with one attached hydrogen (secondary N) is 6. The van der Waals surface area contributed by atoms with Crippen LogP contribution in [0.4, 0.5) is 17.1 Å². The molecule has 0 radical (unpaired) electrons. The molecule has 10 heteroatoms. The molecule has 0 unspecified atom stereocenters. The van der Waals surface area contributed by atoms with Gasteiger partial charge in [0.1, 0.15) is 0 Å². The summed E-state index contributed by atoms with van der Waals surface area (Å²) in [5.74, 6) is -0.589. The van der Waals surface area contributed by atoms with Crippen molar-refractivity contribution < 1.29 is 18.4 Å². The first kappa shape index (κ1) is 22.2. The second-order valence-corrected chi connectivity index (χ2v) is 6.75. The van der Waals surface area contributed by atoms with Crippen LogP contribution < -0.4 is 26.8 Å². The van der Waals surface area contributed by atoms with E-state index < -0.39 is 11.8 Å². The highest BCUT2D eigenvalue weighted by molar-refractivity contribution is 6.06. The summed E-state index contributed by atoms with van der Waals surface area (Å²) in [5, 5.41) is 16.4. The number of benzene rings is 1. The Morgan fingerprint density at radius 3 is 2.03 bits per heavy atom. The number of allylic oxidation sites excluding steroid dienone is 2. The number of carbonyl (C=O) groups is 2. The van der Waals surface area contributed by atoms with E-state index >= 15 is 0 Å². The zero-order valence-corrected chi connectivity index (χ0v) is 17.8. The van der Waals surface area contributed by atoms with Gasteiger partial charge in [-0.15, -0.1) is 0 Å². The first-order valence-electron chi connectivity index (χ1n) is 9.69. The fraction of sp³-hybridized carbons (Fsp3) is 0.136. The van der Waals surface area contributed by atoms with Gasteiger partial charge in [-0.05, 0) is 56.3 Å². The number of hydrogen-bond donors (Lipinski definition) is 6. The summed E-state index contributed by atoms with van der Waals surface area (Å²) in [6.45, 7) is 3.48. The van der Waals surface area contributed by atoms with Gasteiger partial charge in [0, 0.05) is 18.4 Å². The third-order valence-corrected chi connectivity index (χ3v) is 4.46. The zero-order valence-electron chi connectivity index (χ0n) is 17.8. The van der Waals surface area contributed by atoms with Crippen LogP contribution in [0.3, 0.4) is 0 Å². The Morgan fingerprint density at radius 2 is 1.50 bits per heavy atom. The quantitative estimate of drug-likeness (QED) is 0.221. The number of anilines is 3. The molecule has 2 aromatic heterocycles. The minimum atomic E-state index is -0.460. The lowest BCUT2D eigenvalue weighted by Gasteiger charge is -2.18. The summed E-state index contributed by atoms with van der Waals surface area (Å²) in [6, 6.07) is 11.3. The highest BCUT2D eigenvalue weighted by atomic mass is 16.3. The molecule has 0 saturated carbocycles. The van der Waals surface area contributed by atoms with Crippen LogP contribution in [-0.2, 0) is 0 Å². The number of furan rings is 2. The number of carbonyl (C=O) groups excluding carboxylic acids is 2. The summed E-state index contributed by atoms with van der Waals surface area (Å²) in [6.07, 6.45) is 2.81. The monoisotopic (exact) mass is 436 g/mol. The number of rotatable bonds is 9. The van der Waals surface area contributed by atoms with Crippen molar-refractivity contribution in [2.75, 3.05) is 23.1 Å². The van der Waals surface area contributed by atoms with Gasteiger partial charge in [-0.25, -0.2) is 0 Å². The standard InChI is InChI=1S/C22H24N6O4/c1-13(23)20(14(2)24-3)28-27-16-9-8-15(25-21(29)18-6-4-10-31-18)12-17(16)26-22(30)19-7-5-11-32-19/h4-12,23-24,27-28H,1-3H3,(H,25,29)(H,26,30)/b20-14+,23-13?. The topological polar surface area (TPSA) is 144 Å². The molecule has 0 aliphatic heterocycles. The Labute approximate surface area is 184 Å². The average molecular weight is 436 g/mol. The van der Waals surface area contributed by atoms with Gasteiger partial charge in [-0.3, -0.25) is 20.4 Å². The first-order chi connectivity index (χ1) is 15.4. The lowest BCUT2D eigenvalue weighted by molar-refractivity contribution is 0.0990. The van der Waals surface area contributed by atoms with Crippen LogP contribution in [0.5, 0.6) is 0 Å². The summed E-state index contributed by atoms with van der Waals surface area (Å²) in [7, 11) is 1.76. The van der Waals surface area contributed by atoms with Gasteiger partial charge < -0.3 is 30.2 Å². The van der Waals surface area contributed by atoms with E-state index in [1.54, 1.807) is 56.4 Å². The Bertz CT molecular complexity index is 1130. The highest BCUT2D eigenvalue weighted by Gasteiger charge is 2.15. The van der Waals surface area contributed by atoms with E-state index in [4.69, 9.17) is 14.2 Å². The maximum atomic E-state index is 12.5. The van der Waals surface area contributed by atoms with Gasteiger partial charge in [0.15, 0.2) is 11.5 Å². The Hall–Kier alpha value is -4.47. The Balaban J connectivity index is 1.86. The van der Waals surface area contributed by atoms with Gasteiger partial charge in [0.25, 0.3) is 11.8 Å². The van der Waals surface area contributed by atoms with E-state index in [0.29, 0.717) is 28.5 Å². The molecule has 10 nitrogen and oxygen atoms in total. The molecule has 0 spiro atoms. The number of hydrogen-bond acceptors (Lipinski definition) is 8. The number of hydrazine groups is 1. The van der Waals surface area contributed by atoms with Crippen LogP contribution >= 0.6 is 0 Å². The summed E-state index contributed by atoms with van der Waals surface area (Å²) >= 11 is 0. The molecular formula is C22H24N6O4. The van der Waals surface area contributed by atoms with Crippen LogP contribution in [0.2, 0.25) is 0 Å². The maximum absolute atomic E-state index is 12.5. The van der Waals surface area contributed by atoms with E-state index in [1.807, 2.05) is 6.92 Å². The van der Waals surface area contributed by atoms with Gasteiger partial charge in [0.05, 0.1) is 35.3 Å². The molecule has 6 N–H and O–H groups in total. The van der Waals surface area contributed by atoms with E-state index in [-0.39, 0.29) is 11.5 Å². The third kappa shape index (κ3) is 5.36. The van der Waals surface area contributed by atoms with E-state index in [1.165, 1.54) is 12.5 Å². The van der Waals surface area contributed by atoms with E-state index in [2.05, 4.69) is 26.8 Å². The molecule has 0 atom stereocenters. The minimum Gasteiger partial charge on any atom is -0.459 e. The first-order valence-corrected chi connectivity index (χ1v) is 9.69. The third-order valence-electron chi connectivity index (χ3n) is 4.46. The molecule has 0 saturated heterocycles. The van der Waals surface area contributed by atoms with Crippen molar-refractivity contribution in [1.82, 2.24) is 10.7 Å². The summed E-state index contributed by atoms with van der Waals surface area (Å²) in [4.78, 5) is 24.8. The maximum Gasteiger partial charge on any atom is 0.291 e. The van der Waals surface area contributed by atoms with E-state index in [9.17, 15) is 9.59 Å². The fourth-order valence-corrected chi connectivity index (χ4v) is 2.75. The SMILES string of the molecule is CN/C(C)=C(/NNc1ccc(NC(=O)c2ccco2)cc1NC(=O)c1ccco1)C(C)=N. The zero-order chi connectivity index (χ0) is 23.1. The largest absolute Gasteiger partial charge is 0.459 e. The van der Waals surface area contributed by atoms with Crippen molar-refractivity contribution in [3.8, 4) is 0 Å². The normalized spacial score (nSPS) is 11.2. The van der Waals surface area contributed by atoms with Crippen LogP contribution in [0.15, 0.2) is 75.2 Å². The molecule has 0 bridgehead atoms. The highest BCUT2D eigenvalue weighted by Crippen LogP contribution is 2.27. The molecule has 0 fully saturated rings. The summed E-state index contributed by atoms with van der Waals surface area (Å²) in [5.41, 5.74) is 8.92.